The van der Waals surface area contributed by atoms with Crippen molar-refractivity contribution in [2.75, 3.05) is 18.5 Å². The van der Waals surface area contributed by atoms with Crippen molar-refractivity contribution < 1.29 is 23.9 Å². The molecule has 178 valence electrons. The van der Waals surface area contributed by atoms with E-state index in [1.54, 1.807) is 22.9 Å². The molecule has 0 radical (unpaired) electrons. The number of aromatic nitrogens is 2. The Hall–Kier alpha value is -4.98. The van der Waals surface area contributed by atoms with Gasteiger partial charge in [-0.25, -0.2) is 9.48 Å². The summed E-state index contributed by atoms with van der Waals surface area (Å²) in [6.45, 7) is -0.508. The summed E-state index contributed by atoms with van der Waals surface area (Å²) < 4.78 is 12.2. The molecule has 0 atom stereocenters. The summed E-state index contributed by atoms with van der Waals surface area (Å²) in [6, 6.07) is 24.0. The second kappa shape index (κ2) is 10.1. The molecule has 0 unspecified atom stereocenters. The number of anilines is 1. The van der Waals surface area contributed by atoms with Gasteiger partial charge >= 0.3 is 5.97 Å². The maximum Gasteiger partial charge on any atom is 0.331 e. The van der Waals surface area contributed by atoms with Crippen molar-refractivity contribution in [3.63, 3.8) is 0 Å². The molecule has 1 aromatic heterocycles. The van der Waals surface area contributed by atoms with E-state index in [2.05, 4.69) is 5.32 Å². The van der Waals surface area contributed by atoms with Crippen LogP contribution in [0.1, 0.15) is 15.9 Å². The molecule has 1 amide bonds. The van der Waals surface area contributed by atoms with Crippen molar-refractivity contribution in [3.05, 3.63) is 102 Å². The Morgan fingerprint density at radius 3 is 2.56 bits per heavy atom. The van der Waals surface area contributed by atoms with Gasteiger partial charge in [0, 0.05) is 29.0 Å². The van der Waals surface area contributed by atoms with E-state index in [1.165, 1.54) is 12.1 Å². The van der Waals surface area contributed by atoms with Gasteiger partial charge in [0.1, 0.15) is 5.75 Å². The molecule has 36 heavy (non-hydrogen) atoms. The van der Waals surface area contributed by atoms with Crippen LogP contribution < -0.4 is 10.1 Å². The maximum absolute atomic E-state index is 12.5. The zero-order valence-corrected chi connectivity index (χ0v) is 19.1. The fraction of sp³-hybridized carbons (Fsp3) is 0.0714. The SMILES string of the molecule is O=C1COc2ccc(C(=O)COC(=O)/C=C/c3cn(-c4ccccc4)nc3-c3ccccc3)cc2N1. The smallest absolute Gasteiger partial charge is 0.331 e. The van der Waals surface area contributed by atoms with E-state index in [0.29, 0.717) is 22.7 Å². The molecule has 1 aliphatic heterocycles. The highest BCUT2D eigenvalue weighted by Gasteiger charge is 2.18. The topological polar surface area (TPSA) is 99.5 Å². The lowest BCUT2D eigenvalue weighted by molar-refractivity contribution is -0.136. The molecule has 8 heteroatoms. The number of amides is 1. The van der Waals surface area contributed by atoms with Gasteiger partial charge in [-0.2, -0.15) is 5.10 Å². The second-order valence-electron chi connectivity index (χ2n) is 7.99. The zero-order valence-electron chi connectivity index (χ0n) is 19.1. The van der Waals surface area contributed by atoms with E-state index in [4.69, 9.17) is 14.6 Å². The predicted octanol–water partition coefficient (Wildman–Crippen LogP) is 4.31. The average molecular weight is 479 g/mol. The molecule has 5 rings (SSSR count). The van der Waals surface area contributed by atoms with Crippen LogP contribution in [0, 0.1) is 0 Å². The van der Waals surface area contributed by atoms with Gasteiger partial charge in [0.25, 0.3) is 5.91 Å². The Labute approximate surface area is 206 Å². The van der Waals surface area contributed by atoms with Crippen LogP contribution in [0.4, 0.5) is 5.69 Å². The molecular formula is C28H21N3O5. The maximum atomic E-state index is 12.5. The van der Waals surface area contributed by atoms with Gasteiger partial charge in [0.05, 0.1) is 17.1 Å². The number of Topliss-reactive ketones (excluding diaryl/α,β-unsaturated/α-hetero) is 1. The van der Waals surface area contributed by atoms with Crippen LogP contribution in [-0.4, -0.2) is 40.7 Å². The van der Waals surface area contributed by atoms with Gasteiger partial charge in [0.15, 0.2) is 19.0 Å². The number of ether oxygens (including phenoxy) is 2. The van der Waals surface area contributed by atoms with E-state index >= 15 is 0 Å². The molecule has 2 heterocycles. The Kier molecular flexibility index (Phi) is 6.40. The first-order valence-electron chi connectivity index (χ1n) is 11.2. The van der Waals surface area contributed by atoms with Crippen LogP contribution in [0.25, 0.3) is 23.0 Å². The molecule has 0 saturated heterocycles. The minimum absolute atomic E-state index is 0.0690. The lowest BCUT2D eigenvalue weighted by Crippen LogP contribution is -2.25. The van der Waals surface area contributed by atoms with Crippen molar-refractivity contribution >= 4 is 29.4 Å². The van der Waals surface area contributed by atoms with E-state index in [0.717, 1.165) is 16.8 Å². The van der Waals surface area contributed by atoms with Crippen molar-refractivity contribution in [1.29, 1.82) is 0 Å². The largest absolute Gasteiger partial charge is 0.482 e. The standard InChI is InChI=1S/C28H21N3O5/c32-24(20-11-13-25-23(15-20)29-26(33)18-35-25)17-36-27(34)14-12-21-16-31(22-9-5-2-6-10-22)30-28(21)19-7-3-1-4-8-19/h1-16H,17-18H2,(H,29,33)/b14-12+. The Morgan fingerprint density at radius 2 is 1.78 bits per heavy atom. The van der Waals surface area contributed by atoms with Gasteiger partial charge in [-0.05, 0) is 36.4 Å². The first kappa shape index (κ1) is 22.8. The number of esters is 1. The first-order valence-corrected chi connectivity index (χ1v) is 11.2. The molecule has 0 fully saturated rings. The van der Waals surface area contributed by atoms with Crippen molar-refractivity contribution in [2.45, 2.75) is 0 Å². The van der Waals surface area contributed by atoms with E-state index in [9.17, 15) is 14.4 Å². The van der Waals surface area contributed by atoms with Crippen LogP contribution >= 0.6 is 0 Å². The minimum atomic E-state index is -0.663. The molecule has 8 nitrogen and oxygen atoms in total. The van der Waals surface area contributed by atoms with Crippen LogP contribution in [0.3, 0.4) is 0 Å². The molecule has 3 aromatic carbocycles. The van der Waals surface area contributed by atoms with Crippen molar-refractivity contribution in [3.8, 4) is 22.7 Å². The number of para-hydroxylation sites is 1. The van der Waals surface area contributed by atoms with Gasteiger partial charge in [-0.15, -0.1) is 0 Å². The molecule has 1 aliphatic rings. The Morgan fingerprint density at radius 1 is 1.03 bits per heavy atom. The number of nitrogens with one attached hydrogen (secondary N) is 1. The lowest BCUT2D eigenvalue weighted by atomic mass is 10.1. The van der Waals surface area contributed by atoms with Crippen LogP contribution in [-0.2, 0) is 14.3 Å². The molecule has 0 bridgehead atoms. The number of ketones is 1. The minimum Gasteiger partial charge on any atom is -0.482 e. The Bertz CT molecular complexity index is 1460. The highest BCUT2D eigenvalue weighted by atomic mass is 16.5. The monoisotopic (exact) mass is 479 g/mol. The second-order valence-corrected chi connectivity index (χ2v) is 7.99. The van der Waals surface area contributed by atoms with Gasteiger partial charge < -0.3 is 14.8 Å². The van der Waals surface area contributed by atoms with Gasteiger partial charge in [-0.1, -0.05) is 48.5 Å². The number of carbonyl (C=O) groups excluding carboxylic acids is 3. The summed E-state index contributed by atoms with van der Waals surface area (Å²) in [4.78, 5) is 36.4. The van der Waals surface area contributed by atoms with E-state index in [-0.39, 0.29) is 12.5 Å². The van der Waals surface area contributed by atoms with E-state index < -0.39 is 18.4 Å². The fourth-order valence-corrected chi connectivity index (χ4v) is 3.73. The number of hydrogen-bond donors (Lipinski definition) is 1. The third-order valence-corrected chi connectivity index (χ3v) is 5.49. The van der Waals surface area contributed by atoms with Crippen LogP contribution in [0.5, 0.6) is 5.75 Å². The average Bonchev–Trinajstić information content (AvgIpc) is 3.35. The number of fused-ring (bicyclic) bond motifs is 1. The van der Waals surface area contributed by atoms with Crippen molar-refractivity contribution in [1.82, 2.24) is 9.78 Å². The highest BCUT2D eigenvalue weighted by molar-refractivity contribution is 6.02. The summed E-state index contributed by atoms with van der Waals surface area (Å²) >= 11 is 0. The summed E-state index contributed by atoms with van der Waals surface area (Å²) in [7, 11) is 0. The molecule has 0 aliphatic carbocycles. The molecular weight excluding hydrogens is 458 g/mol. The zero-order chi connectivity index (χ0) is 24.9. The quantitative estimate of drug-likeness (QED) is 0.241. The number of hydrogen-bond acceptors (Lipinski definition) is 6. The summed E-state index contributed by atoms with van der Waals surface area (Å²) in [6.07, 6.45) is 4.72. The fourth-order valence-electron chi connectivity index (χ4n) is 3.73. The summed E-state index contributed by atoms with van der Waals surface area (Å²) in [5.74, 6) is -0.879. The van der Waals surface area contributed by atoms with Gasteiger partial charge in [0.2, 0.25) is 0 Å². The molecule has 1 N–H and O–H groups in total. The molecule has 0 saturated carbocycles. The predicted molar refractivity (Wildman–Crippen MR) is 134 cm³/mol. The van der Waals surface area contributed by atoms with Crippen LogP contribution in [0.15, 0.2) is 91.1 Å². The number of rotatable bonds is 7. The lowest BCUT2D eigenvalue weighted by Gasteiger charge is -2.18. The van der Waals surface area contributed by atoms with Crippen LogP contribution in [0.2, 0.25) is 0 Å². The number of benzene rings is 3. The van der Waals surface area contributed by atoms with Crippen molar-refractivity contribution in [2.24, 2.45) is 0 Å². The third kappa shape index (κ3) is 5.07. The third-order valence-electron chi connectivity index (χ3n) is 5.49. The summed E-state index contributed by atoms with van der Waals surface area (Å²) in [5, 5.41) is 7.35. The first-order chi connectivity index (χ1) is 17.6. The Balaban J connectivity index is 1.29. The summed E-state index contributed by atoms with van der Waals surface area (Å²) in [5.41, 5.74) is 3.92. The normalized spacial score (nSPS) is 12.5. The number of carbonyl (C=O) groups is 3. The molecule has 4 aromatic rings. The number of nitrogens with zero attached hydrogens (tertiary/aromatic N) is 2. The highest BCUT2D eigenvalue weighted by Crippen LogP contribution is 2.29. The van der Waals surface area contributed by atoms with E-state index in [1.807, 2.05) is 66.9 Å². The molecule has 0 spiro atoms. The van der Waals surface area contributed by atoms with Gasteiger partial charge in [-0.3, -0.25) is 9.59 Å².